The van der Waals surface area contributed by atoms with Crippen molar-refractivity contribution in [2.45, 2.75) is 46.6 Å². The Bertz CT molecular complexity index is 227. The van der Waals surface area contributed by atoms with E-state index in [0.717, 1.165) is 32.5 Å². The van der Waals surface area contributed by atoms with E-state index in [9.17, 15) is 4.79 Å². The first-order chi connectivity index (χ1) is 7.43. The molecule has 1 fully saturated rings. The predicted molar refractivity (Wildman–Crippen MR) is 61.8 cm³/mol. The molecule has 0 aromatic rings. The first-order valence-electron chi connectivity index (χ1n) is 6.02. The molecule has 0 N–H and O–H groups in total. The summed E-state index contributed by atoms with van der Waals surface area (Å²) in [7, 11) is 0. The summed E-state index contributed by atoms with van der Waals surface area (Å²) in [4.78, 5) is 17.0. The fraction of sp³-hybridized carbons (Fsp3) is 0.917. The van der Waals surface area contributed by atoms with E-state index >= 15 is 0 Å². The van der Waals surface area contributed by atoms with Crippen molar-refractivity contribution in [3.8, 4) is 0 Å². The molecule has 1 heterocycles. The van der Waals surface area contributed by atoms with E-state index < -0.39 is 5.41 Å². The standard InChI is InChI=1S/C12H23NO3/c1-5-15-10-6-8-13(9-7-10)16-11(14)12(2,3)4/h10H,5-9H2,1-4H3. The third kappa shape index (κ3) is 4.10. The minimum Gasteiger partial charge on any atom is -0.378 e. The summed E-state index contributed by atoms with van der Waals surface area (Å²) in [6.07, 6.45) is 2.20. The van der Waals surface area contributed by atoms with E-state index in [2.05, 4.69) is 0 Å². The first-order valence-corrected chi connectivity index (χ1v) is 6.02. The molecule has 16 heavy (non-hydrogen) atoms. The van der Waals surface area contributed by atoms with Crippen LogP contribution in [0.2, 0.25) is 0 Å². The van der Waals surface area contributed by atoms with Gasteiger partial charge in [-0.2, -0.15) is 0 Å². The second-order valence-corrected chi connectivity index (χ2v) is 5.21. The third-order valence-corrected chi connectivity index (χ3v) is 2.63. The third-order valence-electron chi connectivity index (χ3n) is 2.63. The van der Waals surface area contributed by atoms with Gasteiger partial charge >= 0.3 is 5.97 Å². The highest BCUT2D eigenvalue weighted by molar-refractivity contribution is 5.75. The van der Waals surface area contributed by atoms with Gasteiger partial charge in [0.25, 0.3) is 0 Å². The van der Waals surface area contributed by atoms with Gasteiger partial charge in [-0.05, 0) is 40.5 Å². The second-order valence-electron chi connectivity index (χ2n) is 5.21. The first kappa shape index (κ1) is 13.5. The summed E-state index contributed by atoms with van der Waals surface area (Å²) in [6, 6.07) is 0. The van der Waals surface area contributed by atoms with E-state index in [-0.39, 0.29) is 5.97 Å². The Morgan fingerprint density at radius 1 is 1.31 bits per heavy atom. The molecule has 0 radical (unpaired) electrons. The maximum Gasteiger partial charge on any atom is 0.330 e. The predicted octanol–water partition coefficient (Wildman–Crippen LogP) is 1.99. The summed E-state index contributed by atoms with van der Waals surface area (Å²) < 4.78 is 5.54. The van der Waals surface area contributed by atoms with Gasteiger partial charge in [0.1, 0.15) is 0 Å². The van der Waals surface area contributed by atoms with Gasteiger partial charge in [0.15, 0.2) is 0 Å². The van der Waals surface area contributed by atoms with Crippen LogP contribution in [0, 0.1) is 5.41 Å². The number of carbonyl (C=O) groups is 1. The lowest BCUT2D eigenvalue weighted by atomic mass is 9.98. The van der Waals surface area contributed by atoms with Crippen molar-refractivity contribution in [3.05, 3.63) is 0 Å². The van der Waals surface area contributed by atoms with Crippen molar-refractivity contribution < 1.29 is 14.4 Å². The SMILES string of the molecule is CCOC1CCN(OC(=O)C(C)(C)C)CC1. The molecule has 4 nitrogen and oxygen atoms in total. The summed E-state index contributed by atoms with van der Waals surface area (Å²) in [5.74, 6) is -0.164. The number of hydroxylamine groups is 2. The molecule has 0 aromatic heterocycles. The number of hydrogen-bond donors (Lipinski definition) is 0. The Balaban J connectivity index is 2.30. The number of ether oxygens (including phenoxy) is 1. The van der Waals surface area contributed by atoms with Crippen LogP contribution in [0.1, 0.15) is 40.5 Å². The molecule has 0 aromatic carbocycles. The summed E-state index contributed by atoms with van der Waals surface area (Å²) in [5.41, 5.74) is -0.434. The van der Waals surface area contributed by atoms with Gasteiger partial charge < -0.3 is 9.57 Å². The molecule has 1 aliphatic heterocycles. The molecule has 0 atom stereocenters. The molecule has 0 spiro atoms. The fourth-order valence-electron chi connectivity index (χ4n) is 1.58. The summed E-state index contributed by atoms with van der Waals surface area (Å²) in [6.45, 7) is 9.89. The van der Waals surface area contributed by atoms with E-state index in [0.29, 0.717) is 6.10 Å². The molecule has 0 unspecified atom stereocenters. The highest BCUT2D eigenvalue weighted by atomic mass is 16.7. The lowest BCUT2D eigenvalue weighted by Gasteiger charge is -2.31. The van der Waals surface area contributed by atoms with Crippen LogP contribution in [0.5, 0.6) is 0 Å². The highest BCUT2D eigenvalue weighted by Crippen LogP contribution is 2.19. The van der Waals surface area contributed by atoms with E-state index in [1.54, 1.807) is 5.06 Å². The van der Waals surface area contributed by atoms with Gasteiger partial charge in [0.2, 0.25) is 0 Å². The van der Waals surface area contributed by atoms with Crippen LogP contribution in [0.15, 0.2) is 0 Å². The maximum atomic E-state index is 11.6. The molecular weight excluding hydrogens is 206 g/mol. The molecule has 1 saturated heterocycles. The van der Waals surface area contributed by atoms with Gasteiger partial charge in [-0.15, -0.1) is 5.06 Å². The molecule has 1 aliphatic rings. The number of rotatable bonds is 3. The average molecular weight is 229 g/mol. The zero-order valence-electron chi connectivity index (χ0n) is 10.8. The van der Waals surface area contributed by atoms with Crippen molar-refractivity contribution in [1.29, 1.82) is 0 Å². The number of carbonyl (C=O) groups excluding carboxylic acids is 1. The van der Waals surface area contributed by atoms with Crippen molar-refractivity contribution in [2.75, 3.05) is 19.7 Å². The molecular formula is C12H23NO3. The van der Waals surface area contributed by atoms with Crippen LogP contribution in [-0.4, -0.2) is 36.8 Å². The monoisotopic (exact) mass is 229 g/mol. The molecule has 0 saturated carbocycles. The largest absolute Gasteiger partial charge is 0.378 e. The molecule has 0 bridgehead atoms. The van der Waals surface area contributed by atoms with Crippen LogP contribution < -0.4 is 0 Å². The van der Waals surface area contributed by atoms with Crippen LogP contribution in [0.3, 0.4) is 0 Å². The Morgan fingerprint density at radius 3 is 2.31 bits per heavy atom. The van der Waals surface area contributed by atoms with Crippen molar-refractivity contribution in [1.82, 2.24) is 5.06 Å². The molecule has 0 amide bonds. The fourth-order valence-corrected chi connectivity index (χ4v) is 1.58. The Hall–Kier alpha value is -0.610. The van der Waals surface area contributed by atoms with E-state index in [4.69, 9.17) is 9.57 Å². The lowest BCUT2D eigenvalue weighted by molar-refractivity contribution is -0.209. The van der Waals surface area contributed by atoms with Crippen molar-refractivity contribution >= 4 is 5.97 Å². The zero-order chi connectivity index (χ0) is 12.2. The Kier molecular flexibility index (Phi) is 4.74. The number of hydrogen-bond acceptors (Lipinski definition) is 4. The highest BCUT2D eigenvalue weighted by Gasteiger charge is 2.28. The molecule has 0 aliphatic carbocycles. The van der Waals surface area contributed by atoms with Gasteiger partial charge in [0.05, 0.1) is 11.5 Å². The average Bonchev–Trinajstić information content (AvgIpc) is 2.20. The lowest BCUT2D eigenvalue weighted by Crippen LogP contribution is -2.40. The van der Waals surface area contributed by atoms with E-state index in [1.165, 1.54) is 0 Å². The second kappa shape index (κ2) is 5.64. The van der Waals surface area contributed by atoms with Gasteiger partial charge in [-0.3, -0.25) is 0 Å². The normalized spacial score (nSPS) is 19.8. The Morgan fingerprint density at radius 2 is 1.88 bits per heavy atom. The minimum absolute atomic E-state index is 0.164. The Labute approximate surface area is 97.9 Å². The van der Waals surface area contributed by atoms with Crippen LogP contribution in [0.25, 0.3) is 0 Å². The topological polar surface area (TPSA) is 38.8 Å². The number of piperidine rings is 1. The maximum absolute atomic E-state index is 11.6. The van der Waals surface area contributed by atoms with Crippen molar-refractivity contribution in [3.63, 3.8) is 0 Å². The zero-order valence-corrected chi connectivity index (χ0v) is 10.8. The minimum atomic E-state index is -0.434. The molecule has 94 valence electrons. The van der Waals surface area contributed by atoms with Crippen molar-refractivity contribution in [2.24, 2.45) is 5.41 Å². The van der Waals surface area contributed by atoms with Crippen LogP contribution >= 0.6 is 0 Å². The quantitative estimate of drug-likeness (QED) is 0.742. The smallest absolute Gasteiger partial charge is 0.330 e. The summed E-state index contributed by atoms with van der Waals surface area (Å²) >= 11 is 0. The molecule has 1 rings (SSSR count). The number of nitrogens with zero attached hydrogens (tertiary/aromatic N) is 1. The van der Waals surface area contributed by atoms with E-state index in [1.807, 2.05) is 27.7 Å². The van der Waals surface area contributed by atoms with Crippen LogP contribution in [0.4, 0.5) is 0 Å². The van der Waals surface area contributed by atoms with Gasteiger partial charge in [0, 0.05) is 19.7 Å². The molecule has 4 heteroatoms. The van der Waals surface area contributed by atoms with Gasteiger partial charge in [-0.25, -0.2) is 4.79 Å². The van der Waals surface area contributed by atoms with Gasteiger partial charge in [-0.1, -0.05) is 0 Å². The summed E-state index contributed by atoms with van der Waals surface area (Å²) in [5, 5.41) is 1.75. The van der Waals surface area contributed by atoms with Crippen LogP contribution in [-0.2, 0) is 14.4 Å².